The Morgan fingerprint density at radius 3 is 3.12 bits per heavy atom. The summed E-state index contributed by atoms with van der Waals surface area (Å²) in [6.07, 6.45) is 3.81. The van der Waals surface area contributed by atoms with Gasteiger partial charge in [-0.25, -0.2) is 0 Å². The lowest BCUT2D eigenvalue weighted by Gasteiger charge is -2.32. The van der Waals surface area contributed by atoms with Crippen LogP contribution in [-0.2, 0) is 16.1 Å². The van der Waals surface area contributed by atoms with Crippen LogP contribution in [0.1, 0.15) is 23.5 Å². The second-order valence-corrected chi connectivity index (χ2v) is 8.02. The topological polar surface area (TPSA) is 68.2 Å². The van der Waals surface area contributed by atoms with Crippen molar-refractivity contribution < 1.29 is 9.53 Å². The number of thioether (sulfide) groups is 1. The average Bonchev–Trinajstić information content (AvgIpc) is 3.04. The molecular weight excluding hydrogens is 344 g/mol. The Labute approximate surface area is 149 Å². The Morgan fingerprint density at radius 1 is 1.46 bits per heavy atom. The van der Waals surface area contributed by atoms with Gasteiger partial charge in [0, 0.05) is 19.3 Å². The average molecular weight is 364 g/mol. The van der Waals surface area contributed by atoms with Gasteiger partial charge in [0.25, 0.3) is 0 Å². The number of carbonyl (C=O) groups is 1. The molecular formula is C16H20N4O2S2. The molecule has 0 N–H and O–H groups in total. The van der Waals surface area contributed by atoms with E-state index < -0.39 is 0 Å². The van der Waals surface area contributed by atoms with Gasteiger partial charge in [0.15, 0.2) is 4.34 Å². The van der Waals surface area contributed by atoms with Crippen molar-refractivity contribution >= 4 is 29.0 Å². The summed E-state index contributed by atoms with van der Waals surface area (Å²) < 4.78 is 6.78. The number of rotatable bonds is 6. The molecule has 0 saturated carbocycles. The second-order valence-electron chi connectivity index (χ2n) is 5.61. The molecule has 6 nitrogen and oxygen atoms in total. The predicted octanol–water partition coefficient (Wildman–Crippen LogP) is 2.54. The van der Waals surface area contributed by atoms with Gasteiger partial charge in [0.1, 0.15) is 5.01 Å². The number of hydrogen-bond donors (Lipinski definition) is 0. The minimum Gasteiger partial charge on any atom is -0.370 e. The fourth-order valence-electron chi connectivity index (χ4n) is 2.54. The number of piperidine rings is 1. The highest BCUT2D eigenvalue weighted by atomic mass is 32.2. The molecule has 1 fully saturated rings. The Bertz CT molecular complexity index is 665. The SMILES string of the molecule is Cc1nnc(SCC(=O)N2CCC[C@@H](OCc3ccccn3)C2)s1. The van der Waals surface area contributed by atoms with Crippen LogP contribution in [0.5, 0.6) is 0 Å². The summed E-state index contributed by atoms with van der Waals surface area (Å²) >= 11 is 2.98. The summed E-state index contributed by atoms with van der Waals surface area (Å²) in [6.45, 7) is 3.86. The molecule has 24 heavy (non-hydrogen) atoms. The zero-order valence-electron chi connectivity index (χ0n) is 13.6. The Hall–Kier alpha value is -1.51. The molecule has 3 heterocycles. The van der Waals surface area contributed by atoms with Crippen molar-refractivity contribution in [2.45, 2.75) is 36.8 Å². The maximum absolute atomic E-state index is 12.4. The summed E-state index contributed by atoms with van der Waals surface area (Å²) in [6, 6.07) is 5.79. The molecule has 1 saturated heterocycles. The number of pyridine rings is 1. The zero-order valence-corrected chi connectivity index (χ0v) is 15.2. The minimum atomic E-state index is 0.0819. The first kappa shape index (κ1) is 17.3. The predicted molar refractivity (Wildman–Crippen MR) is 94.0 cm³/mol. The van der Waals surface area contributed by atoms with E-state index in [4.69, 9.17) is 4.74 Å². The first-order valence-corrected chi connectivity index (χ1v) is 9.73. The van der Waals surface area contributed by atoms with Crippen LogP contribution in [0.2, 0.25) is 0 Å². The first-order valence-electron chi connectivity index (χ1n) is 7.93. The Kier molecular flexibility index (Phi) is 6.17. The van der Waals surface area contributed by atoms with E-state index in [0.29, 0.717) is 18.9 Å². The van der Waals surface area contributed by atoms with Gasteiger partial charge in [-0.15, -0.1) is 10.2 Å². The van der Waals surface area contributed by atoms with E-state index in [0.717, 1.165) is 34.4 Å². The van der Waals surface area contributed by atoms with Gasteiger partial charge in [-0.3, -0.25) is 9.78 Å². The van der Waals surface area contributed by atoms with Crippen molar-refractivity contribution in [1.29, 1.82) is 0 Å². The summed E-state index contributed by atoms with van der Waals surface area (Å²) in [5.41, 5.74) is 0.920. The highest BCUT2D eigenvalue weighted by Gasteiger charge is 2.24. The second kappa shape index (κ2) is 8.55. The highest BCUT2D eigenvalue weighted by Crippen LogP contribution is 2.23. The molecule has 1 atom stereocenters. The Balaban J connectivity index is 1.45. The standard InChI is InChI=1S/C16H20N4O2S2/c1-12-18-19-16(24-12)23-11-15(21)20-8-4-6-14(9-20)22-10-13-5-2-3-7-17-13/h2-3,5,7,14H,4,6,8-11H2,1H3/t14-/m1/s1. The van der Waals surface area contributed by atoms with E-state index in [1.807, 2.05) is 30.0 Å². The largest absolute Gasteiger partial charge is 0.370 e. The van der Waals surface area contributed by atoms with Crippen LogP contribution in [0.15, 0.2) is 28.7 Å². The van der Waals surface area contributed by atoms with Gasteiger partial charge in [0.05, 0.1) is 24.2 Å². The zero-order chi connectivity index (χ0) is 16.8. The van der Waals surface area contributed by atoms with E-state index in [2.05, 4.69) is 15.2 Å². The third-order valence-electron chi connectivity index (χ3n) is 3.75. The van der Waals surface area contributed by atoms with Gasteiger partial charge in [-0.05, 0) is 31.9 Å². The van der Waals surface area contributed by atoms with Crippen molar-refractivity contribution in [1.82, 2.24) is 20.1 Å². The van der Waals surface area contributed by atoms with E-state index in [1.54, 1.807) is 6.20 Å². The molecule has 128 valence electrons. The molecule has 0 spiro atoms. The molecule has 0 unspecified atom stereocenters. The number of aromatic nitrogens is 3. The van der Waals surface area contributed by atoms with E-state index in [-0.39, 0.29) is 12.0 Å². The van der Waals surface area contributed by atoms with Crippen LogP contribution in [0, 0.1) is 6.92 Å². The van der Waals surface area contributed by atoms with Crippen LogP contribution < -0.4 is 0 Å². The number of hydrogen-bond acceptors (Lipinski definition) is 7. The fourth-order valence-corrected chi connectivity index (χ4v) is 4.26. The smallest absolute Gasteiger partial charge is 0.233 e. The normalized spacial score (nSPS) is 17.9. The molecule has 2 aromatic heterocycles. The van der Waals surface area contributed by atoms with Crippen molar-refractivity contribution in [3.05, 3.63) is 35.1 Å². The molecule has 1 amide bonds. The molecule has 0 aromatic carbocycles. The van der Waals surface area contributed by atoms with E-state index in [9.17, 15) is 4.79 Å². The molecule has 8 heteroatoms. The molecule has 0 aliphatic carbocycles. The number of nitrogens with zero attached hydrogens (tertiary/aromatic N) is 4. The number of carbonyl (C=O) groups excluding carboxylic acids is 1. The molecule has 0 radical (unpaired) electrons. The maximum Gasteiger partial charge on any atom is 0.233 e. The number of ether oxygens (including phenoxy) is 1. The minimum absolute atomic E-state index is 0.0819. The molecule has 1 aliphatic heterocycles. The lowest BCUT2D eigenvalue weighted by atomic mass is 10.1. The van der Waals surface area contributed by atoms with Gasteiger partial charge in [-0.2, -0.15) is 0 Å². The molecule has 0 bridgehead atoms. The van der Waals surface area contributed by atoms with Crippen LogP contribution in [0.4, 0.5) is 0 Å². The van der Waals surface area contributed by atoms with Crippen molar-refractivity contribution in [3.8, 4) is 0 Å². The van der Waals surface area contributed by atoms with Crippen LogP contribution in [0.3, 0.4) is 0 Å². The highest BCUT2D eigenvalue weighted by molar-refractivity contribution is 8.01. The summed E-state index contributed by atoms with van der Waals surface area (Å²) in [5, 5.41) is 8.93. The fraction of sp³-hybridized carbons (Fsp3) is 0.500. The number of amides is 1. The first-order chi connectivity index (χ1) is 11.7. The summed E-state index contributed by atoms with van der Waals surface area (Å²) in [5.74, 6) is 0.542. The Morgan fingerprint density at radius 2 is 2.38 bits per heavy atom. The van der Waals surface area contributed by atoms with Crippen LogP contribution in [0.25, 0.3) is 0 Å². The number of aryl methyl sites for hydroxylation is 1. The third-order valence-corrected chi connectivity index (χ3v) is 5.71. The number of likely N-dealkylation sites (tertiary alicyclic amines) is 1. The van der Waals surface area contributed by atoms with Gasteiger partial charge >= 0.3 is 0 Å². The molecule has 1 aliphatic rings. The van der Waals surface area contributed by atoms with Crippen LogP contribution >= 0.6 is 23.1 Å². The lowest BCUT2D eigenvalue weighted by molar-refractivity contribution is -0.132. The van der Waals surface area contributed by atoms with Crippen molar-refractivity contribution in [2.24, 2.45) is 0 Å². The van der Waals surface area contributed by atoms with Crippen molar-refractivity contribution in [3.63, 3.8) is 0 Å². The van der Waals surface area contributed by atoms with E-state index in [1.165, 1.54) is 23.1 Å². The summed E-state index contributed by atoms with van der Waals surface area (Å²) in [7, 11) is 0. The molecule has 3 rings (SSSR count). The lowest BCUT2D eigenvalue weighted by Crippen LogP contribution is -2.44. The van der Waals surface area contributed by atoms with E-state index >= 15 is 0 Å². The summed E-state index contributed by atoms with van der Waals surface area (Å²) in [4.78, 5) is 18.5. The molecule has 2 aromatic rings. The van der Waals surface area contributed by atoms with Gasteiger partial charge < -0.3 is 9.64 Å². The van der Waals surface area contributed by atoms with Crippen molar-refractivity contribution in [2.75, 3.05) is 18.8 Å². The van der Waals surface area contributed by atoms with Gasteiger partial charge in [-0.1, -0.05) is 29.2 Å². The van der Waals surface area contributed by atoms with Crippen LogP contribution in [-0.4, -0.2) is 50.9 Å². The van der Waals surface area contributed by atoms with Gasteiger partial charge in [0.2, 0.25) is 5.91 Å². The monoisotopic (exact) mass is 364 g/mol. The quantitative estimate of drug-likeness (QED) is 0.734. The maximum atomic E-state index is 12.4. The third kappa shape index (κ3) is 4.99.